The van der Waals surface area contributed by atoms with Crippen molar-refractivity contribution < 1.29 is 0 Å². The summed E-state index contributed by atoms with van der Waals surface area (Å²) in [6, 6.07) is 0. The second kappa shape index (κ2) is 6.36. The van der Waals surface area contributed by atoms with Crippen LogP contribution in [0.5, 0.6) is 0 Å². The third kappa shape index (κ3) is 2.96. The molecule has 1 unspecified atom stereocenters. The molecular formula is C15H29B2N3. The number of aromatic nitrogens is 3. The quantitative estimate of drug-likeness (QED) is 0.789. The molecule has 5 heteroatoms. The molecule has 1 aromatic rings. The fourth-order valence-electron chi connectivity index (χ4n) is 3.33. The molecule has 0 aliphatic heterocycles. The van der Waals surface area contributed by atoms with E-state index in [0.29, 0.717) is 17.2 Å². The second-order valence-corrected chi connectivity index (χ2v) is 7.12. The Morgan fingerprint density at radius 2 is 2.00 bits per heavy atom. The van der Waals surface area contributed by atoms with E-state index in [0.717, 1.165) is 13.7 Å². The third-order valence-electron chi connectivity index (χ3n) is 5.42. The molecule has 0 spiro atoms. The molecule has 0 radical (unpaired) electrons. The zero-order valence-electron chi connectivity index (χ0n) is 13.9. The summed E-state index contributed by atoms with van der Waals surface area (Å²) in [4.78, 5) is 0. The predicted octanol–water partition coefficient (Wildman–Crippen LogP) is 3.16. The molecule has 1 aliphatic rings. The lowest BCUT2D eigenvalue weighted by atomic mass is 9.49. The molecule has 2 atom stereocenters. The summed E-state index contributed by atoms with van der Waals surface area (Å²) < 4.78 is 2.21. The van der Waals surface area contributed by atoms with Crippen LogP contribution in [0.3, 0.4) is 0 Å². The monoisotopic (exact) mass is 273 g/mol. The average molecular weight is 273 g/mol. The van der Waals surface area contributed by atoms with Gasteiger partial charge in [0.25, 0.3) is 0 Å². The molecular weight excluding hydrogens is 244 g/mol. The molecule has 110 valence electrons. The smallest absolute Gasteiger partial charge is 0.148 e. The summed E-state index contributed by atoms with van der Waals surface area (Å²) >= 11 is 0. The van der Waals surface area contributed by atoms with Crippen LogP contribution in [0, 0.1) is 0 Å². The minimum Gasteiger partial charge on any atom is -0.254 e. The van der Waals surface area contributed by atoms with Gasteiger partial charge in [-0.05, 0) is 19.3 Å². The van der Waals surface area contributed by atoms with Gasteiger partial charge >= 0.3 is 0 Å². The van der Waals surface area contributed by atoms with E-state index in [1.54, 1.807) is 0 Å². The largest absolute Gasteiger partial charge is 0.254 e. The van der Waals surface area contributed by atoms with Crippen LogP contribution in [0.4, 0.5) is 0 Å². The van der Waals surface area contributed by atoms with E-state index < -0.39 is 0 Å². The lowest BCUT2D eigenvalue weighted by molar-refractivity contribution is 0.433. The van der Waals surface area contributed by atoms with Crippen molar-refractivity contribution >= 4 is 14.6 Å². The molecule has 0 fully saturated rings. The zero-order valence-corrected chi connectivity index (χ0v) is 13.9. The summed E-state index contributed by atoms with van der Waals surface area (Å²) in [5.41, 5.74) is 2.72. The van der Waals surface area contributed by atoms with Gasteiger partial charge in [0.1, 0.15) is 14.6 Å². The molecule has 1 aliphatic carbocycles. The van der Waals surface area contributed by atoms with Gasteiger partial charge in [-0.25, -0.2) is 0 Å². The van der Waals surface area contributed by atoms with Crippen LogP contribution < -0.4 is 0 Å². The van der Waals surface area contributed by atoms with Crippen LogP contribution in [0.1, 0.15) is 69.7 Å². The number of nitrogens with zero attached hydrogens (tertiary/aromatic N) is 3. The van der Waals surface area contributed by atoms with Crippen LogP contribution >= 0.6 is 0 Å². The molecule has 2 rings (SSSR count). The Balaban J connectivity index is 2.43. The average Bonchev–Trinajstić information content (AvgIpc) is 2.80. The minimum atomic E-state index is 0.322. The lowest BCUT2D eigenvalue weighted by Crippen LogP contribution is -2.24. The Bertz CT molecular complexity index is 442. The van der Waals surface area contributed by atoms with E-state index in [2.05, 4.69) is 49.4 Å². The predicted molar refractivity (Wildman–Crippen MR) is 89.7 cm³/mol. The van der Waals surface area contributed by atoms with Gasteiger partial charge in [-0.15, -0.1) is 5.10 Å². The van der Waals surface area contributed by atoms with Crippen molar-refractivity contribution in [3.8, 4) is 0 Å². The Hall–Kier alpha value is -0.730. The molecule has 0 bridgehead atoms. The van der Waals surface area contributed by atoms with Crippen LogP contribution in [0.15, 0.2) is 0 Å². The first-order valence-corrected chi connectivity index (χ1v) is 8.45. The van der Waals surface area contributed by atoms with Gasteiger partial charge in [0, 0.05) is 11.9 Å². The fourth-order valence-corrected chi connectivity index (χ4v) is 3.33. The van der Waals surface area contributed by atoms with Crippen molar-refractivity contribution in [2.24, 2.45) is 0 Å². The number of hydrogen-bond acceptors (Lipinski definition) is 2. The van der Waals surface area contributed by atoms with Crippen LogP contribution in [-0.4, -0.2) is 29.6 Å². The maximum Gasteiger partial charge on any atom is 0.148 e. The molecule has 0 amide bonds. The van der Waals surface area contributed by atoms with Crippen molar-refractivity contribution in [2.45, 2.75) is 83.7 Å². The minimum absolute atomic E-state index is 0.322. The number of rotatable bonds is 4. The summed E-state index contributed by atoms with van der Waals surface area (Å²) in [7, 11) is 2.32. The lowest BCUT2D eigenvalue weighted by Gasteiger charge is -2.33. The van der Waals surface area contributed by atoms with E-state index >= 15 is 0 Å². The van der Waals surface area contributed by atoms with Crippen LogP contribution in [0.2, 0.25) is 19.0 Å². The Kier molecular flexibility index (Phi) is 4.98. The van der Waals surface area contributed by atoms with Crippen LogP contribution in [-0.2, 0) is 6.42 Å². The fraction of sp³-hybridized carbons (Fsp3) is 0.867. The number of hydrogen-bond donors (Lipinski definition) is 0. The normalized spacial score (nSPS) is 21.6. The van der Waals surface area contributed by atoms with Crippen molar-refractivity contribution in [1.29, 1.82) is 0 Å². The molecule has 1 heterocycles. The second-order valence-electron chi connectivity index (χ2n) is 7.12. The highest BCUT2D eigenvalue weighted by molar-refractivity contribution is 6.38. The molecule has 1 aromatic heterocycles. The van der Waals surface area contributed by atoms with Crippen LogP contribution in [0.25, 0.3) is 0 Å². The van der Waals surface area contributed by atoms with E-state index in [1.807, 2.05) is 0 Å². The van der Waals surface area contributed by atoms with E-state index in [-0.39, 0.29) is 0 Å². The third-order valence-corrected chi connectivity index (χ3v) is 5.42. The molecule has 20 heavy (non-hydrogen) atoms. The van der Waals surface area contributed by atoms with E-state index in [9.17, 15) is 0 Å². The highest BCUT2D eigenvalue weighted by Crippen LogP contribution is 2.45. The summed E-state index contributed by atoms with van der Waals surface area (Å²) in [5.74, 6) is 1.04. The molecule has 0 N–H and O–H groups in total. The first-order valence-electron chi connectivity index (χ1n) is 8.45. The van der Waals surface area contributed by atoms with Crippen molar-refractivity contribution in [1.82, 2.24) is 15.0 Å². The molecule has 0 saturated heterocycles. The van der Waals surface area contributed by atoms with Gasteiger partial charge in [0.2, 0.25) is 0 Å². The van der Waals surface area contributed by atoms with Gasteiger partial charge in [0.05, 0.1) is 11.4 Å². The Labute approximate surface area is 125 Å². The maximum absolute atomic E-state index is 4.64. The van der Waals surface area contributed by atoms with Gasteiger partial charge in [0.15, 0.2) is 0 Å². The Morgan fingerprint density at radius 1 is 1.25 bits per heavy atom. The Morgan fingerprint density at radius 3 is 2.65 bits per heavy atom. The standard InChI is InChI=1S/C15H29B2N3/c1-11(16-4)20-13-10-8-6-7-9-12(14(13)18-19-20)15(2,3)17-5/h11-12,16-17H,6-10H2,1-5H3/t11-,12?/m0/s1. The maximum atomic E-state index is 4.64. The van der Waals surface area contributed by atoms with Gasteiger partial charge < -0.3 is 0 Å². The van der Waals surface area contributed by atoms with Gasteiger partial charge in [-0.2, -0.15) is 0 Å². The first-order chi connectivity index (χ1) is 9.51. The highest BCUT2D eigenvalue weighted by Gasteiger charge is 2.34. The number of fused-ring (bicyclic) bond motifs is 1. The SMILES string of the molecule is CB[C@H](C)n1nnc2c1CCCCCC2C(C)(C)BC. The highest BCUT2D eigenvalue weighted by atomic mass is 15.4. The summed E-state index contributed by atoms with van der Waals surface area (Å²) in [5, 5.41) is 9.47. The van der Waals surface area contributed by atoms with Gasteiger partial charge in [-0.1, -0.05) is 57.8 Å². The van der Waals surface area contributed by atoms with E-state index in [1.165, 1.54) is 44.4 Å². The molecule has 0 saturated carbocycles. The van der Waals surface area contributed by atoms with Crippen molar-refractivity contribution in [3.63, 3.8) is 0 Å². The summed E-state index contributed by atoms with van der Waals surface area (Å²) in [6.45, 7) is 11.6. The first kappa shape index (κ1) is 15.7. The van der Waals surface area contributed by atoms with E-state index in [4.69, 9.17) is 0 Å². The molecule has 0 aromatic carbocycles. The topological polar surface area (TPSA) is 30.7 Å². The zero-order chi connectivity index (χ0) is 14.8. The van der Waals surface area contributed by atoms with Crippen molar-refractivity contribution in [3.05, 3.63) is 11.4 Å². The van der Waals surface area contributed by atoms with Gasteiger partial charge in [-0.3, -0.25) is 4.68 Å². The summed E-state index contributed by atoms with van der Waals surface area (Å²) in [6.07, 6.45) is 6.40. The van der Waals surface area contributed by atoms with Crippen molar-refractivity contribution in [2.75, 3.05) is 0 Å². The molecule has 3 nitrogen and oxygen atoms in total.